The molecule has 1 saturated heterocycles. The highest BCUT2D eigenvalue weighted by Crippen LogP contribution is 2.16. The maximum Gasteiger partial charge on any atom is 0.123 e. The number of nitrogens with one attached hydrogen (secondary N) is 1. The molecule has 88 valence electrons. The number of benzene rings is 1. The molecular formula is C13H19FN2. The van der Waals surface area contributed by atoms with E-state index in [-0.39, 0.29) is 5.82 Å². The third kappa shape index (κ3) is 2.60. The van der Waals surface area contributed by atoms with E-state index in [0.29, 0.717) is 6.04 Å². The molecule has 1 heterocycles. The van der Waals surface area contributed by atoms with Crippen molar-refractivity contribution in [3.63, 3.8) is 0 Å². The van der Waals surface area contributed by atoms with Gasteiger partial charge in [0.25, 0.3) is 0 Å². The molecule has 3 heteroatoms. The van der Waals surface area contributed by atoms with Gasteiger partial charge in [0.1, 0.15) is 5.82 Å². The Kier molecular flexibility index (Phi) is 3.56. The van der Waals surface area contributed by atoms with Gasteiger partial charge in [-0.1, -0.05) is 6.07 Å². The highest BCUT2D eigenvalue weighted by atomic mass is 19.1. The largest absolute Gasteiger partial charge is 0.316 e. The predicted octanol–water partition coefficient (Wildman–Crippen LogP) is 1.93. The second kappa shape index (κ2) is 4.93. The summed E-state index contributed by atoms with van der Waals surface area (Å²) in [6.07, 6.45) is 1.19. The van der Waals surface area contributed by atoms with Crippen molar-refractivity contribution < 1.29 is 4.39 Å². The predicted molar refractivity (Wildman–Crippen MR) is 63.9 cm³/mol. The molecule has 1 aromatic rings. The van der Waals surface area contributed by atoms with Crippen molar-refractivity contribution in [1.82, 2.24) is 10.2 Å². The van der Waals surface area contributed by atoms with Gasteiger partial charge in [0, 0.05) is 25.7 Å². The number of rotatable bonds is 3. The standard InChI is InChI=1S/C13H19FN2/c1-10-3-4-12(14)7-11(10)8-16-6-5-13(9-16)15-2/h3-4,7,13,15H,5-6,8-9H2,1-2H3. The minimum absolute atomic E-state index is 0.134. The monoisotopic (exact) mass is 222 g/mol. The van der Waals surface area contributed by atoms with Gasteiger partial charge < -0.3 is 5.32 Å². The maximum atomic E-state index is 13.1. The number of aryl methyl sites for hydroxylation is 1. The lowest BCUT2D eigenvalue weighted by Gasteiger charge is -2.17. The topological polar surface area (TPSA) is 15.3 Å². The second-order valence-electron chi connectivity index (χ2n) is 4.58. The molecule has 1 unspecified atom stereocenters. The minimum Gasteiger partial charge on any atom is -0.316 e. The molecule has 1 aliphatic rings. The summed E-state index contributed by atoms with van der Waals surface area (Å²) in [7, 11) is 2.00. The van der Waals surface area contributed by atoms with Gasteiger partial charge in [-0.25, -0.2) is 4.39 Å². The number of hydrogen-bond donors (Lipinski definition) is 1. The quantitative estimate of drug-likeness (QED) is 0.840. The molecular weight excluding hydrogens is 203 g/mol. The van der Waals surface area contributed by atoms with Crippen molar-refractivity contribution >= 4 is 0 Å². The molecule has 1 atom stereocenters. The van der Waals surface area contributed by atoms with Gasteiger partial charge in [0.15, 0.2) is 0 Å². The summed E-state index contributed by atoms with van der Waals surface area (Å²) in [5, 5.41) is 3.29. The Bertz CT molecular complexity index is 365. The van der Waals surface area contributed by atoms with Crippen LogP contribution in [-0.4, -0.2) is 31.1 Å². The van der Waals surface area contributed by atoms with Crippen LogP contribution in [0.3, 0.4) is 0 Å². The first-order valence-electron chi connectivity index (χ1n) is 5.83. The molecule has 0 aliphatic carbocycles. The van der Waals surface area contributed by atoms with Gasteiger partial charge in [-0.15, -0.1) is 0 Å². The summed E-state index contributed by atoms with van der Waals surface area (Å²) in [6, 6.07) is 5.63. The average molecular weight is 222 g/mol. The van der Waals surface area contributed by atoms with Crippen LogP contribution in [0.25, 0.3) is 0 Å². The molecule has 0 radical (unpaired) electrons. The van der Waals surface area contributed by atoms with Crippen LogP contribution in [0.1, 0.15) is 17.5 Å². The van der Waals surface area contributed by atoms with E-state index < -0.39 is 0 Å². The Balaban J connectivity index is 2.01. The Morgan fingerprint density at radius 2 is 2.31 bits per heavy atom. The Morgan fingerprint density at radius 1 is 1.50 bits per heavy atom. The third-order valence-corrected chi connectivity index (χ3v) is 3.39. The summed E-state index contributed by atoms with van der Waals surface area (Å²) in [4.78, 5) is 2.38. The molecule has 1 aliphatic heterocycles. The summed E-state index contributed by atoms with van der Waals surface area (Å²) < 4.78 is 13.1. The second-order valence-corrected chi connectivity index (χ2v) is 4.58. The molecule has 0 spiro atoms. The van der Waals surface area contributed by atoms with Crippen LogP contribution in [0.2, 0.25) is 0 Å². The molecule has 2 nitrogen and oxygen atoms in total. The molecule has 0 saturated carbocycles. The normalized spacial score (nSPS) is 21.6. The summed E-state index contributed by atoms with van der Waals surface area (Å²) in [5.41, 5.74) is 2.28. The highest BCUT2D eigenvalue weighted by molar-refractivity contribution is 5.26. The fraction of sp³-hybridized carbons (Fsp3) is 0.538. The van der Waals surface area contributed by atoms with Crippen LogP contribution in [0.15, 0.2) is 18.2 Å². The first-order valence-corrected chi connectivity index (χ1v) is 5.83. The van der Waals surface area contributed by atoms with Crippen molar-refractivity contribution in [2.45, 2.75) is 25.9 Å². The van der Waals surface area contributed by atoms with Crippen LogP contribution in [0.4, 0.5) is 4.39 Å². The lowest BCUT2D eigenvalue weighted by atomic mass is 10.1. The van der Waals surface area contributed by atoms with Gasteiger partial charge in [0.05, 0.1) is 0 Å². The van der Waals surface area contributed by atoms with Crippen LogP contribution < -0.4 is 5.32 Å². The number of halogens is 1. The van der Waals surface area contributed by atoms with E-state index in [2.05, 4.69) is 10.2 Å². The van der Waals surface area contributed by atoms with Crippen molar-refractivity contribution in [2.75, 3.05) is 20.1 Å². The molecule has 1 N–H and O–H groups in total. The SMILES string of the molecule is CNC1CCN(Cc2cc(F)ccc2C)C1. The minimum atomic E-state index is -0.134. The molecule has 1 fully saturated rings. The number of hydrogen-bond acceptors (Lipinski definition) is 2. The summed E-state index contributed by atoms with van der Waals surface area (Å²) >= 11 is 0. The number of likely N-dealkylation sites (tertiary alicyclic amines) is 1. The molecule has 16 heavy (non-hydrogen) atoms. The van der Waals surface area contributed by atoms with Crippen molar-refractivity contribution in [1.29, 1.82) is 0 Å². The average Bonchev–Trinajstić information content (AvgIpc) is 2.71. The van der Waals surface area contributed by atoms with Crippen molar-refractivity contribution in [3.05, 3.63) is 35.1 Å². The Labute approximate surface area is 96.5 Å². The molecule has 0 bridgehead atoms. The Hall–Kier alpha value is -0.930. The van der Waals surface area contributed by atoms with Gasteiger partial charge in [-0.2, -0.15) is 0 Å². The van der Waals surface area contributed by atoms with E-state index in [1.165, 1.54) is 18.1 Å². The molecule has 2 rings (SSSR count). The summed E-state index contributed by atoms with van der Waals surface area (Å²) in [5.74, 6) is -0.134. The highest BCUT2D eigenvalue weighted by Gasteiger charge is 2.21. The van der Waals surface area contributed by atoms with Crippen LogP contribution in [0.5, 0.6) is 0 Å². The van der Waals surface area contributed by atoms with E-state index in [4.69, 9.17) is 0 Å². The van der Waals surface area contributed by atoms with Crippen molar-refractivity contribution in [2.24, 2.45) is 0 Å². The number of nitrogens with zero attached hydrogens (tertiary/aromatic N) is 1. The van der Waals surface area contributed by atoms with Gasteiger partial charge >= 0.3 is 0 Å². The van der Waals surface area contributed by atoms with E-state index in [9.17, 15) is 4.39 Å². The van der Waals surface area contributed by atoms with Crippen LogP contribution in [0, 0.1) is 12.7 Å². The van der Waals surface area contributed by atoms with Crippen molar-refractivity contribution in [3.8, 4) is 0 Å². The van der Waals surface area contributed by atoms with Gasteiger partial charge in [-0.05, 0) is 43.7 Å². The smallest absolute Gasteiger partial charge is 0.123 e. The zero-order valence-electron chi connectivity index (χ0n) is 9.96. The first kappa shape index (κ1) is 11.6. The fourth-order valence-corrected chi connectivity index (χ4v) is 2.26. The van der Waals surface area contributed by atoms with Gasteiger partial charge in [0.2, 0.25) is 0 Å². The fourth-order valence-electron chi connectivity index (χ4n) is 2.26. The molecule has 0 aromatic heterocycles. The Morgan fingerprint density at radius 3 is 3.00 bits per heavy atom. The van der Waals surface area contributed by atoms with E-state index in [1.807, 2.05) is 20.0 Å². The van der Waals surface area contributed by atoms with E-state index in [0.717, 1.165) is 25.2 Å². The number of likely N-dealkylation sites (N-methyl/N-ethyl adjacent to an activating group) is 1. The van der Waals surface area contributed by atoms with Crippen LogP contribution in [-0.2, 0) is 6.54 Å². The first-order chi connectivity index (χ1) is 7.69. The van der Waals surface area contributed by atoms with E-state index in [1.54, 1.807) is 6.07 Å². The lowest BCUT2D eigenvalue weighted by Crippen LogP contribution is -2.29. The summed E-state index contributed by atoms with van der Waals surface area (Å²) in [6.45, 7) is 5.07. The molecule has 0 amide bonds. The third-order valence-electron chi connectivity index (χ3n) is 3.39. The lowest BCUT2D eigenvalue weighted by molar-refractivity contribution is 0.321. The van der Waals surface area contributed by atoms with Crippen LogP contribution >= 0.6 is 0 Å². The van der Waals surface area contributed by atoms with Gasteiger partial charge in [-0.3, -0.25) is 4.90 Å². The molecule has 1 aromatic carbocycles. The zero-order valence-corrected chi connectivity index (χ0v) is 9.96. The zero-order chi connectivity index (χ0) is 11.5. The van der Waals surface area contributed by atoms with E-state index >= 15 is 0 Å². The maximum absolute atomic E-state index is 13.1.